The maximum absolute atomic E-state index is 12.1. The Balaban J connectivity index is 1.58. The Hall–Kier alpha value is -2.60. The van der Waals surface area contributed by atoms with Crippen molar-refractivity contribution in [2.45, 2.75) is 32.4 Å². The molecule has 2 unspecified atom stereocenters. The Morgan fingerprint density at radius 3 is 2.75 bits per heavy atom. The molecule has 6 nitrogen and oxygen atoms in total. The average molecular weight is 328 g/mol. The summed E-state index contributed by atoms with van der Waals surface area (Å²) in [6, 6.07) is 8.82. The zero-order valence-electron chi connectivity index (χ0n) is 13.6. The summed E-state index contributed by atoms with van der Waals surface area (Å²) in [7, 11) is 0. The first-order valence-corrected chi connectivity index (χ1v) is 7.86. The summed E-state index contributed by atoms with van der Waals surface area (Å²) in [5, 5.41) is 15.5. The minimum Gasteiger partial charge on any atom is -0.466 e. The number of rotatable bonds is 4. The quantitative estimate of drug-likeness (QED) is 0.791. The molecule has 0 saturated heterocycles. The van der Waals surface area contributed by atoms with Gasteiger partial charge < -0.3 is 20.2 Å². The fourth-order valence-corrected chi connectivity index (χ4v) is 3.08. The van der Waals surface area contributed by atoms with Crippen LogP contribution in [-0.4, -0.2) is 29.6 Å². The Morgan fingerprint density at radius 1 is 1.29 bits per heavy atom. The van der Waals surface area contributed by atoms with Crippen molar-refractivity contribution in [1.82, 2.24) is 10.6 Å². The third-order valence-electron chi connectivity index (χ3n) is 4.22. The largest absolute Gasteiger partial charge is 0.466 e. The molecule has 1 heterocycles. The topological polar surface area (TPSA) is 91.6 Å². The number of fused-ring (bicyclic) bond motifs is 1. The number of furan rings is 1. The molecular weight excluding hydrogens is 308 g/mol. The summed E-state index contributed by atoms with van der Waals surface area (Å²) in [6.45, 7) is 3.30. The summed E-state index contributed by atoms with van der Waals surface area (Å²) in [5.74, 6) is 0.465. The van der Waals surface area contributed by atoms with Crippen molar-refractivity contribution >= 4 is 11.8 Å². The Labute approximate surface area is 139 Å². The van der Waals surface area contributed by atoms with Gasteiger partial charge in [-0.25, -0.2) is 0 Å². The Kier molecular flexibility index (Phi) is 4.40. The van der Waals surface area contributed by atoms with E-state index in [-0.39, 0.29) is 18.4 Å². The second kappa shape index (κ2) is 6.49. The maximum atomic E-state index is 12.1. The van der Waals surface area contributed by atoms with Crippen molar-refractivity contribution in [3.63, 3.8) is 0 Å². The van der Waals surface area contributed by atoms with Crippen LogP contribution in [0, 0.1) is 13.8 Å². The summed E-state index contributed by atoms with van der Waals surface area (Å²) in [4.78, 5) is 24.2. The van der Waals surface area contributed by atoms with Gasteiger partial charge in [-0.05, 0) is 31.0 Å². The molecule has 0 saturated carbocycles. The third-order valence-corrected chi connectivity index (χ3v) is 4.22. The van der Waals surface area contributed by atoms with Crippen molar-refractivity contribution < 1.29 is 19.1 Å². The van der Waals surface area contributed by atoms with E-state index in [1.165, 1.54) is 0 Å². The lowest BCUT2D eigenvalue weighted by atomic mass is 10.1. The first-order chi connectivity index (χ1) is 11.5. The van der Waals surface area contributed by atoms with Gasteiger partial charge in [-0.2, -0.15) is 0 Å². The highest BCUT2D eigenvalue weighted by molar-refractivity contribution is 5.97. The molecule has 2 aromatic rings. The molecule has 1 aromatic heterocycles. The van der Waals surface area contributed by atoms with Crippen LogP contribution in [0.2, 0.25) is 0 Å². The second-order valence-electron chi connectivity index (χ2n) is 6.03. The van der Waals surface area contributed by atoms with Crippen LogP contribution in [0.4, 0.5) is 0 Å². The minimum atomic E-state index is -0.652. The van der Waals surface area contributed by atoms with E-state index >= 15 is 0 Å². The number of amides is 2. The molecule has 0 spiro atoms. The van der Waals surface area contributed by atoms with Crippen LogP contribution in [0.3, 0.4) is 0 Å². The highest BCUT2D eigenvalue weighted by Gasteiger charge is 2.31. The molecule has 2 atom stereocenters. The van der Waals surface area contributed by atoms with E-state index in [4.69, 9.17) is 4.42 Å². The predicted octanol–water partition coefficient (Wildman–Crippen LogP) is 1.40. The number of benzene rings is 1. The van der Waals surface area contributed by atoms with E-state index < -0.39 is 12.1 Å². The van der Waals surface area contributed by atoms with Gasteiger partial charge in [0.15, 0.2) is 0 Å². The van der Waals surface area contributed by atoms with Gasteiger partial charge in [-0.15, -0.1) is 0 Å². The van der Waals surface area contributed by atoms with Crippen LogP contribution in [-0.2, 0) is 11.2 Å². The molecule has 3 N–H and O–H groups in total. The number of carbonyl (C=O) groups is 2. The van der Waals surface area contributed by atoms with Crippen molar-refractivity contribution in [3.05, 3.63) is 58.5 Å². The maximum Gasteiger partial charge on any atom is 0.255 e. The molecule has 0 fully saturated rings. The van der Waals surface area contributed by atoms with Crippen molar-refractivity contribution in [3.8, 4) is 0 Å². The first-order valence-electron chi connectivity index (χ1n) is 7.86. The minimum absolute atomic E-state index is 0.159. The number of aryl methyl sites for hydroxylation is 2. The molecule has 126 valence electrons. The summed E-state index contributed by atoms with van der Waals surface area (Å²) >= 11 is 0. The highest BCUT2D eigenvalue weighted by atomic mass is 16.3. The Morgan fingerprint density at radius 2 is 2.04 bits per heavy atom. The van der Waals surface area contributed by atoms with Gasteiger partial charge in [0.05, 0.1) is 24.3 Å². The fourth-order valence-electron chi connectivity index (χ4n) is 3.08. The molecule has 1 aliphatic carbocycles. The van der Waals surface area contributed by atoms with Crippen LogP contribution in [0.1, 0.15) is 39.0 Å². The monoisotopic (exact) mass is 328 g/mol. The van der Waals surface area contributed by atoms with Crippen molar-refractivity contribution in [1.29, 1.82) is 0 Å². The smallest absolute Gasteiger partial charge is 0.255 e. The molecule has 2 amide bonds. The molecule has 0 bridgehead atoms. The SMILES string of the molecule is Cc1cc(C(=O)NCC(=O)NC2c3ccccc3CC2O)c(C)o1. The van der Waals surface area contributed by atoms with Gasteiger partial charge >= 0.3 is 0 Å². The molecular formula is C18H20N2O4. The van der Waals surface area contributed by atoms with E-state index in [1.807, 2.05) is 24.3 Å². The van der Waals surface area contributed by atoms with E-state index in [0.717, 1.165) is 11.1 Å². The van der Waals surface area contributed by atoms with Gasteiger partial charge in [-0.3, -0.25) is 9.59 Å². The summed E-state index contributed by atoms with van der Waals surface area (Å²) in [5.41, 5.74) is 2.38. The highest BCUT2D eigenvalue weighted by Crippen LogP contribution is 2.31. The van der Waals surface area contributed by atoms with Crippen LogP contribution >= 0.6 is 0 Å². The first kappa shape index (κ1) is 16.3. The third kappa shape index (κ3) is 3.19. The number of hydrogen-bond donors (Lipinski definition) is 3. The standard InChI is InChI=1S/C18H20N2O4/c1-10-7-14(11(2)24-10)18(23)19-9-16(22)20-17-13-6-4-3-5-12(13)8-15(17)21/h3-7,15,17,21H,8-9H2,1-2H3,(H,19,23)(H,20,22). The lowest BCUT2D eigenvalue weighted by molar-refractivity contribution is -0.121. The zero-order chi connectivity index (χ0) is 17.3. The van der Waals surface area contributed by atoms with Gasteiger partial charge in [0.2, 0.25) is 5.91 Å². The number of hydrogen-bond acceptors (Lipinski definition) is 4. The van der Waals surface area contributed by atoms with Gasteiger partial charge in [0.25, 0.3) is 5.91 Å². The average Bonchev–Trinajstić information content (AvgIpc) is 3.04. The lowest BCUT2D eigenvalue weighted by Crippen LogP contribution is -2.41. The second-order valence-corrected chi connectivity index (χ2v) is 6.03. The molecule has 1 aliphatic rings. The molecule has 3 rings (SSSR count). The normalized spacial score (nSPS) is 19.0. The van der Waals surface area contributed by atoms with Crippen LogP contribution in [0.15, 0.2) is 34.7 Å². The molecule has 0 radical (unpaired) electrons. The molecule has 1 aromatic carbocycles. The van der Waals surface area contributed by atoms with E-state index in [9.17, 15) is 14.7 Å². The van der Waals surface area contributed by atoms with Gasteiger partial charge in [0, 0.05) is 6.42 Å². The molecule has 6 heteroatoms. The van der Waals surface area contributed by atoms with Gasteiger partial charge in [-0.1, -0.05) is 24.3 Å². The number of aliphatic hydroxyl groups is 1. The van der Waals surface area contributed by atoms with Crippen molar-refractivity contribution in [2.75, 3.05) is 6.54 Å². The van der Waals surface area contributed by atoms with Crippen molar-refractivity contribution in [2.24, 2.45) is 0 Å². The summed E-state index contributed by atoms with van der Waals surface area (Å²) in [6.07, 6.45) is -0.137. The van der Waals surface area contributed by atoms with E-state index in [1.54, 1.807) is 19.9 Å². The lowest BCUT2D eigenvalue weighted by Gasteiger charge is -2.18. The fraction of sp³-hybridized carbons (Fsp3) is 0.333. The van der Waals surface area contributed by atoms with Crippen LogP contribution in [0.25, 0.3) is 0 Å². The molecule has 24 heavy (non-hydrogen) atoms. The Bertz CT molecular complexity index is 781. The van der Waals surface area contributed by atoms with E-state index in [2.05, 4.69) is 10.6 Å². The van der Waals surface area contributed by atoms with Crippen LogP contribution < -0.4 is 10.6 Å². The zero-order valence-corrected chi connectivity index (χ0v) is 13.6. The number of nitrogens with one attached hydrogen (secondary N) is 2. The predicted molar refractivity (Wildman–Crippen MR) is 87.6 cm³/mol. The summed E-state index contributed by atoms with van der Waals surface area (Å²) < 4.78 is 5.31. The number of carbonyl (C=O) groups excluding carboxylic acids is 2. The number of aliphatic hydroxyl groups excluding tert-OH is 1. The molecule has 0 aliphatic heterocycles. The van der Waals surface area contributed by atoms with E-state index in [0.29, 0.717) is 23.5 Å². The van der Waals surface area contributed by atoms with Gasteiger partial charge in [0.1, 0.15) is 11.5 Å². The van der Waals surface area contributed by atoms with Crippen LogP contribution in [0.5, 0.6) is 0 Å².